The van der Waals surface area contributed by atoms with Gasteiger partial charge in [-0.3, -0.25) is 9.20 Å². The van der Waals surface area contributed by atoms with Crippen molar-refractivity contribution in [3.05, 3.63) is 34.2 Å². The van der Waals surface area contributed by atoms with Crippen molar-refractivity contribution in [1.29, 1.82) is 0 Å². The van der Waals surface area contributed by atoms with Gasteiger partial charge in [0.1, 0.15) is 11.3 Å². The highest BCUT2D eigenvalue weighted by Gasteiger charge is 2.15. The summed E-state index contributed by atoms with van der Waals surface area (Å²) in [6.45, 7) is 2.70. The normalized spacial score (nSPS) is 10.8. The highest BCUT2D eigenvalue weighted by molar-refractivity contribution is 9.10. The minimum atomic E-state index is -0.150. The van der Waals surface area contributed by atoms with Crippen LogP contribution in [0, 0.1) is 6.92 Å². The Hall–Kier alpha value is -1.40. The van der Waals surface area contributed by atoms with Gasteiger partial charge >= 0.3 is 0 Å². The van der Waals surface area contributed by atoms with Gasteiger partial charge < -0.3 is 11.1 Å². The van der Waals surface area contributed by atoms with Gasteiger partial charge in [-0.2, -0.15) is 0 Å². The third kappa shape index (κ3) is 2.32. The average Bonchev–Trinajstić information content (AvgIpc) is 2.61. The first-order valence-corrected chi connectivity index (χ1v) is 6.05. The molecular formula is C11H13BrN4O. The van der Waals surface area contributed by atoms with Gasteiger partial charge in [-0.05, 0) is 19.1 Å². The Morgan fingerprint density at radius 1 is 1.65 bits per heavy atom. The molecule has 0 atom stereocenters. The standard InChI is InChI=1S/C11H13BrN4O/c1-7-10(11(17)14-4-3-13)16-5-2-8(12)6-9(16)15-7/h2,5-6H,3-4,13H2,1H3,(H,14,17). The number of rotatable bonds is 3. The van der Waals surface area contributed by atoms with Gasteiger partial charge in [-0.25, -0.2) is 4.98 Å². The highest BCUT2D eigenvalue weighted by atomic mass is 79.9. The monoisotopic (exact) mass is 296 g/mol. The van der Waals surface area contributed by atoms with Gasteiger partial charge in [0.25, 0.3) is 5.91 Å². The third-order valence-electron chi connectivity index (χ3n) is 2.41. The van der Waals surface area contributed by atoms with Crippen LogP contribution in [0.15, 0.2) is 22.8 Å². The summed E-state index contributed by atoms with van der Waals surface area (Å²) in [6.07, 6.45) is 1.82. The molecule has 0 aromatic carbocycles. The van der Waals surface area contributed by atoms with Crippen molar-refractivity contribution < 1.29 is 4.79 Å². The summed E-state index contributed by atoms with van der Waals surface area (Å²) < 4.78 is 2.70. The first-order valence-electron chi connectivity index (χ1n) is 5.26. The number of aromatic nitrogens is 2. The zero-order valence-electron chi connectivity index (χ0n) is 9.40. The van der Waals surface area contributed by atoms with Crippen molar-refractivity contribution in [2.24, 2.45) is 5.73 Å². The maximum absolute atomic E-state index is 11.9. The number of pyridine rings is 1. The number of imidazole rings is 1. The Morgan fingerprint density at radius 2 is 2.41 bits per heavy atom. The predicted octanol–water partition coefficient (Wildman–Crippen LogP) is 1.09. The maximum Gasteiger partial charge on any atom is 0.270 e. The molecule has 2 heterocycles. The van der Waals surface area contributed by atoms with E-state index in [-0.39, 0.29) is 5.91 Å². The van der Waals surface area contributed by atoms with Gasteiger partial charge in [0.15, 0.2) is 0 Å². The average molecular weight is 297 g/mol. The molecule has 0 fully saturated rings. The molecule has 1 amide bonds. The van der Waals surface area contributed by atoms with E-state index >= 15 is 0 Å². The van der Waals surface area contributed by atoms with Crippen LogP contribution in [-0.4, -0.2) is 28.4 Å². The van der Waals surface area contributed by atoms with Crippen LogP contribution >= 0.6 is 15.9 Å². The van der Waals surface area contributed by atoms with Crippen molar-refractivity contribution in [1.82, 2.24) is 14.7 Å². The minimum absolute atomic E-state index is 0.150. The van der Waals surface area contributed by atoms with E-state index < -0.39 is 0 Å². The molecule has 0 aliphatic heterocycles. The Kier molecular flexibility index (Phi) is 3.44. The quantitative estimate of drug-likeness (QED) is 0.891. The second-order valence-electron chi connectivity index (χ2n) is 3.66. The first kappa shape index (κ1) is 12.1. The zero-order chi connectivity index (χ0) is 12.4. The SMILES string of the molecule is Cc1nc2cc(Br)ccn2c1C(=O)NCCN. The molecule has 0 saturated carbocycles. The van der Waals surface area contributed by atoms with E-state index in [1.54, 1.807) is 4.40 Å². The molecule has 2 aromatic heterocycles. The zero-order valence-corrected chi connectivity index (χ0v) is 11.0. The number of fused-ring (bicyclic) bond motifs is 1. The summed E-state index contributed by atoms with van der Waals surface area (Å²) in [5, 5.41) is 2.75. The fraction of sp³-hybridized carbons (Fsp3) is 0.273. The van der Waals surface area contributed by atoms with Gasteiger partial charge in [0, 0.05) is 23.8 Å². The lowest BCUT2D eigenvalue weighted by Crippen LogP contribution is -2.30. The number of aryl methyl sites for hydroxylation is 1. The molecule has 0 unspecified atom stereocenters. The molecule has 0 bridgehead atoms. The molecule has 0 aliphatic rings. The first-order chi connectivity index (χ1) is 8.13. The Labute approximate surface area is 107 Å². The van der Waals surface area contributed by atoms with E-state index in [1.165, 1.54) is 0 Å². The molecule has 0 aliphatic carbocycles. The number of nitrogens with zero attached hydrogens (tertiary/aromatic N) is 2. The highest BCUT2D eigenvalue weighted by Crippen LogP contribution is 2.16. The summed E-state index contributed by atoms with van der Waals surface area (Å²) in [7, 11) is 0. The van der Waals surface area contributed by atoms with E-state index in [2.05, 4.69) is 26.2 Å². The Balaban J connectivity index is 2.46. The Morgan fingerprint density at radius 3 is 3.12 bits per heavy atom. The molecule has 2 rings (SSSR count). The van der Waals surface area contributed by atoms with Crippen LogP contribution in [0.4, 0.5) is 0 Å². The summed E-state index contributed by atoms with van der Waals surface area (Å²) in [4.78, 5) is 16.3. The molecule has 5 nitrogen and oxygen atoms in total. The number of amides is 1. The lowest BCUT2D eigenvalue weighted by Gasteiger charge is -2.04. The topological polar surface area (TPSA) is 72.4 Å². The van der Waals surface area contributed by atoms with E-state index in [1.807, 2.05) is 25.3 Å². The minimum Gasteiger partial charge on any atom is -0.349 e. The molecule has 6 heteroatoms. The van der Waals surface area contributed by atoms with Crippen molar-refractivity contribution in [3.63, 3.8) is 0 Å². The van der Waals surface area contributed by atoms with Crippen molar-refractivity contribution >= 4 is 27.5 Å². The number of carbonyl (C=O) groups excluding carboxylic acids is 1. The summed E-state index contributed by atoms with van der Waals surface area (Å²) in [5.74, 6) is -0.150. The van der Waals surface area contributed by atoms with Crippen LogP contribution in [0.5, 0.6) is 0 Å². The second-order valence-corrected chi connectivity index (χ2v) is 4.58. The van der Waals surface area contributed by atoms with Crippen molar-refractivity contribution in [2.45, 2.75) is 6.92 Å². The fourth-order valence-electron chi connectivity index (χ4n) is 1.68. The summed E-state index contributed by atoms with van der Waals surface area (Å²) in [5.41, 5.74) is 7.37. The van der Waals surface area contributed by atoms with Gasteiger partial charge in [-0.15, -0.1) is 0 Å². The lowest BCUT2D eigenvalue weighted by molar-refractivity contribution is 0.0948. The summed E-state index contributed by atoms with van der Waals surface area (Å²) >= 11 is 3.37. The number of halogens is 1. The van der Waals surface area contributed by atoms with Crippen LogP contribution in [0.1, 0.15) is 16.2 Å². The third-order valence-corrected chi connectivity index (χ3v) is 2.90. The Bertz CT molecular complexity index is 564. The molecule has 17 heavy (non-hydrogen) atoms. The number of nitrogens with one attached hydrogen (secondary N) is 1. The van der Waals surface area contributed by atoms with Crippen LogP contribution < -0.4 is 11.1 Å². The van der Waals surface area contributed by atoms with Gasteiger partial charge in [0.2, 0.25) is 0 Å². The lowest BCUT2D eigenvalue weighted by atomic mass is 10.3. The van der Waals surface area contributed by atoms with Crippen LogP contribution in [0.3, 0.4) is 0 Å². The molecular weight excluding hydrogens is 284 g/mol. The molecule has 0 radical (unpaired) electrons. The van der Waals surface area contributed by atoms with E-state index in [9.17, 15) is 4.79 Å². The van der Waals surface area contributed by atoms with Crippen molar-refractivity contribution in [3.8, 4) is 0 Å². The van der Waals surface area contributed by atoms with E-state index in [0.717, 1.165) is 10.1 Å². The molecule has 90 valence electrons. The maximum atomic E-state index is 11.9. The largest absolute Gasteiger partial charge is 0.349 e. The van der Waals surface area contributed by atoms with Crippen LogP contribution in [-0.2, 0) is 0 Å². The van der Waals surface area contributed by atoms with E-state index in [0.29, 0.717) is 24.5 Å². The molecule has 2 aromatic rings. The number of carbonyl (C=O) groups is 1. The molecule has 0 saturated heterocycles. The van der Waals surface area contributed by atoms with Crippen molar-refractivity contribution in [2.75, 3.05) is 13.1 Å². The number of nitrogens with two attached hydrogens (primary N) is 1. The molecule has 3 N–H and O–H groups in total. The molecule has 0 spiro atoms. The number of hydrogen-bond donors (Lipinski definition) is 2. The van der Waals surface area contributed by atoms with E-state index in [4.69, 9.17) is 5.73 Å². The second kappa shape index (κ2) is 4.85. The van der Waals surface area contributed by atoms with Crippen LogP contribution in [0.2, 0.25) is 0 Å². The smallest absolute Gasteiger partial charge is 0.270 e. The summed E-state index contributed by atoms with van der Waals surface area (Å²) in [6, 6.07) is 3.74. The van der Waals surface area contributed by atoms with Gasteiger partial charge in [0.05, 0.1) is 5.69 Å². The van der Waals surface area contributed by atoms with Crippen LogP contribution in [0.25, 0.3) is 5.65 Å². The number of hydrogen-bond acceptors (Lipinski definition) is 3. The predicted molar refractivity (Wildman–Crippen MR) is 69.0 cm³/mol. The fourth-order valence-corrected chi connectivity index (χ4v) is 2.00. The van der Waals surface area contributed by atoms with Gasteiger partial charge in [-0.1, -0.05) is 15.9 Å².